The molecule has 4 nitrogen and oxygen atoms in total. The summed E-state index contributed by atoms with van der Waals surface area (Å²) in [5.41, 5.74) is 0. The largest absolute Gasteiger partial charge is 0.472 e. The molecule has 0 aromatic rings. The fraction of sp³-hybridized carbons (Fsp3) is 1.00. The Hall–Kier alpha value is -1.10. The van der Waals surface area contributed by atoms with Crippen molar-refractivity contribution >= 4 is 22.4 Å². The first-order valence-electron chi connectivity index (χ1n) is 8.92. The Balaban J connectivity index is 0. The maximum absolute atomic E-state index is 14.8. The van der Waals surface area contributed by atoms with Gasteiger partial charge < -0.3 is 0 Å². The molecule has 0 aliphatic carbocycles. The minimum atomic E-state index is -8.96. The van der Waals surface area contributed by atoms with Gasteiger partial charge in [0.05, 0.1) is 4.48 Å². The number of alkyl halides is 17. The molecule has 0 saturated carbocycles. The minimum Gasteiger partial charge on any atom is -0.192 e. The van der Waals surface area contributed by atoms with Gasteiger partial charge in [-0.05, 0) is 6.42 Å². The minimum absolute atomic E-state index is 0. The number of rotatable bonds is 11. The Labute approximate surface area is 207 Å². The van der Waals surface area contributed by atoms with Crippen molar-refractivity contribution in [2.45, 2.75) is 60.3 Å². The highest BCUT2D eigenvalue weighted by atomic mass is 35.5. The van der Waals surface area contributed by atoms with Gasteiger partial charge in [0, 0.05) is 0 Å². The van der Waals surface area contributed by atoms with Crippen molar-refractivity contribution in [2.75, 3.05) is 27.7 Å². The highest BCUT2D eigenvalue weighted by Gasteiger charge is 2.97. The molecule has 1 atom stereocenters. The molecule has 0 aliphatic rings. The van der Waals surface area contributed by atoms with E-state index >= 15 is 0 Å². The van der Waals surface area contributed by atoms with Crippen molar-refractivity contribution in [2.24, 2.45) is 0 Å². The van der Waals surface area contributed by atoms with Crippen molar-refractivity contribution in [3.8, 4) is 0 Å². The Morgan fingerprint density at radius 3 is 1.08 bits per heavy atom. The quantitative estimate of drug-likeness (QED) is 0.111. The smallest absolute Gasteiger partial charge is 0.192 e. The van der Waals surface area contributed by atoms with Crippen molar-refractivity contribution < 1.29 is 96.3 Å². The van der Waals surface area contributed by atoms with Crippen LogP contribution in [0.15, 0.2) is 0 Å². The molecule has 0 N–H and O–H groups in total. The fourth-order valence-electron chi connectivity index (χ4n) is 2.54. The molecule has 0 fully saturated rings. The van der Waals surface area contributed by atoms with Gasteiger partial charge in [0.2, 0.25) is 0 Å². The lowest BCUT2D eigenvalue weighted by molar-refractivity contribution is -1.47. The molecule has 24 heteroatoms. The number of quaternary nitrogens is 2. The van der Waals surface area contributed by atoms with Crippen molar-refractivity contribution in [1.29, 1.82) is 0 Å². The third kappa shape index (κ3) is 4.65. The molecule has 0 radical (unpaired) electrons. The average Bonchev–Trinajstić information content (AvgIpc) is 2.65. The zero-order valence-electron chi connectivity index (χ0n) is 18.7. The van der Waals surface area contributed by atoms with Crippen LogP contribution in [-0.2, 0) is 10.0 Å². The van der Waals surface area contributed by atoms with Crippen molar-refractivity contribution in [3.05, 3.63) is 0 Å². The number of hydrogen-bond donors (Lipinski definition) is 0. The fourth-order valence-corrected chi connectivity index (χ4v) is 4.07. The molecule has 0 aromatic heterocycles. The summed E-state index contributed by atoms with van der Waals surface area (Å²) in [5.74, 6) is -52.4. The Morgan fingerprint density at radius 2 is 0.816 bits per heavy atom. The van der Waals surface area contributed by atoms with Crippen LogP contribution in [0.4, 0.5) is 79.1 Å². The van der Waals surface area contributed by atoms with Gasteiger partial charge in [-0.2, -0.15) is 83.1 Å². The van der Waals surface area contributed by atoms with E-state index in [4.69, 9.17) is 0 Å². The van der Waals surface area contributed by atoms with Crippen LogP contribution >= 0.6 is 12.4 Å². The second-order valence-corrected chi connectivity index (χ2v) is 10.2. The monoisotopic (exact) mass is 654 g/mol. The van der Waals surface area contributed by atoms with E-state index in [2.05, 4.69) is 0 Å². The summed E-state index contributed by atoms with van der Waals surface area (Å²) in [5, 5.41) is -7.92. The van der Waals surface area contributed by atoms with Gasteiger partial charge in [-0.25, -0.2) is 0 Å². The molecule has 0 heterocycles. The summed E-state index contributed by atoms with van der Waals surface area (Å²) in [6.07, 6.45) is -8.28. The molecular formula is C14H17ClF18N2O2S+2. The second-order valence-electron chi connectivity index (χ2n) is 8.06. The molecule has 38 heavy (non-hydrogen) atoms. The molecule has 0 rings (SSSR count). The van der Waals surface area contributed by atoms with E-state index in [1.165, 1.54) is 0 Å². The standard InChI is InChI=1S/C14H16F18N2O2S.ClH/c1-5-6-33(2,3)34(4,32)37(35,36)14(30,31)12(25,26)10(21,22)8(17,18)7(15,16)9(19,20)11(23,24)13(27,28)29;/h5-6H2,1-4H3;1H/q+2;. The predicted octanol–water partition coefficient (Wildman–Crippen LogP) is 6.44. The lowest BCUT2D eigenvalue weighted by Gasteiger charge is -2.43. The number of hydrogen-bond acceptors (Lipinski definition) is 2. The summed E-state index contributed by atoms with van der Waals surface area (Å²) in [6, 6.07) is 0. The van der Waals surface area contributed by atoms with E-state index in [-0.39, 0.29) is 18.8 Å². The molecule has 0 saturated heterocycles. The van der Waals surface area contributed by atoms with Gasteiger partial charge in [-0.3, -0.25) is 0 Å². The normalized spacial score (nSPS) is 17.6. The van der Waals surface area contributed by atoms with E-state index in [1.807, 2.05) is 0 Å². The summed E-state index contributed by atoms with van der Waals surface area (Å²) < 4.78 is 259. The summed E-state index contributed by atoms with van der Waals surface area (Å²) in [7, 11) is -7.81. The molecule has 0 aliphatic heterocycles. The van der Waals surface area contributed by atoms with Crippen LogP contribution in [0.25, 0.3) is 0 Å². The molecule has 0 spiro atoms. The van der Waals surface area contributed by atoms with Gasteiger partial charge in [0.15, 0.2) is 7.05 Å². The first-order valence-corrected chi connectivity index (χ1v) is 10.4. The van der Waals surface area contributed by atoms with E-state index in [0.29, 0.717) is 14.1 Å². The van der Waals surface area contributed by atoms with E-state index in [1.54, 1.807) is 0 Å². The maximum Gasteiger partial charge on any atom is 0.472 e. The average molecular weight is 655 g/mol. The van der Waals surface area contributed by atoms with Gasteiger partial charge in [-0.1, -0.05) is 6.92 Å². The number of sulfonamides is 1. The molecular weight excluding hydrogens is 638 g/mol. The van der Waals surface area contributed by atoms with Gasteiger partial charge in [-0.15, -0.1) is 17.0 Å². The number of nitrogens with zero attached hydrogens (tertiary/aromatic N) is 2. The van der Waals surface area contributed by atoms with Crippen LogP contribution in [0.2, 0.25) is 0 Å². The summed E-state index contributed by atoms with van der Waals surface area (Å²) in [6.45, 7) is 0.199. The SMILES string of the molecule is CCC[N+](C)(C)[N+](C)(F)S(=O)(=O)C(F)(F)C(F)(F)C(F)(F)C(F)(F)C(F)(F)C(F)(F)C(F)(F)C(F)(F)F.Cl. The molecule has 0 bridgehead atoms. The lowest BCUT2D eigenvalue weighted by atomic mass is 9.91. The van der Waals surface area contributed by atoms with Crippen LogP contribution in [0.1, 0.15) is 13.3 Å². The van der Waals surface area contributed by atoms with Crippen LogP contribution in [-0.4, -0.2) is 91.9 Å². The lowest BCUT2D eigenvalue weighted by Crippen LogP contribution is -2.77. The summed E-state index contributed by atoms with van der Waals surface area (Å²) in [4.78, 5) is 0. The third-order valence-corrected chi connectivity index (χ3v) is 7.42. The summed E-state index contributed by atoms with van der Waals surface area (Å²) >= 11 is 0. The van der Waals surface area contributed by atoms with Gasteiger partial charge >= 0.3 is 57.0 Å². The van der Waals surface area contributed by atoms with E-state index in [9.17, 15) is 87.5 Å². The topological polar surface area (TPSA) is 34.1 Å². The van der Waals surface area contributed by atoms with Gasteiger partial charge in [0.1, 0.15) is 24.9 Å². The van der Waals surface area contributed by atoms with Crippen molar-refractivity contribution in [1.82, 2.24) is 0 Å². The molecule has 0 aromatic carbocycles. The maximum atomic E-state index is 14.8. The van der Waals surface area contributed by atoms with E-state index in [0.717, 1.165) is 6.92 Å². The first-order chi connectivity index (χ1) is 15.6. The van der Waals surface area contributed by atoms with Crippen LogP contribution in [0, 0.1) is 0 Å². The Kier molecular flexibility index (Phi) is 10.0. The third-order valence-electron chi connectivity index (χ3n) is 5.19. The van der Waals surface area contributed by atoms with Crippen LogP contribution in [0.5, 0.6) is 0 Å². The zero-order chi connectivity index (χ0) is 30.9. The molecule has 1 unspecified atom stereocenters. The van der Waals surface area contributed by atoms with Crippen LogP contribution < -0.4 is 0 Å². The predicted molar refractivity (Wildman–Crippen MR) is 91.4 cm³/mol. The van der Waals surface area contributed by atoms with Crippen molar-refractivity contribution in [3.63, 3.8) is 0 Å². The highest BCUT2D eigenvalue weighted by molar-refractivity contribution is 7.86. The number of halogens is 19. The van der Waals surface area contributed by atoms with E-state index < -0.39 is 79.4 Å². The Bertz CT molecular complexity index is 961. The highest BCUT2D eigenvalue weighted by Crippen LogP contribution is 2.64. The molecule has 232 valence electrons. The Morgan fingerprint density at radius 1 is 0.553 bits per heavy atom. The van der Waals surface area contributed by atoms with Gasteiger partial charge in [0.25, 0.3) is 0 Å². The second kappa shape index (κ2) is 9.77. The zero-order valence-corrected chi connectivity index (χ0v) is 20.4. The molecule has 0 amide bonds. The van der Waals surface area contributed by atoms with Crippen LogP contribution in [0.3, 0.4) is 0 Å². The first kappa shape index (κ1) is 39.0.